The van der Waals surface area contributed by atoms with Gasteiger partial charge >= 0.3 is 0 Å². The number of rotatable bonds is 16. The van der Waals surface area contributed by atoms with E-state index < -0.39 is 11.2 Å². The smallest absolute Gasteiger partial charge is 0.151 e. The fourth-order valence-electron chi connectivity index (χ4n) is 13.4. The molecule has 480 valence electrons. The van der Waals surface area contributed by atoms with Gasteiger partial charge in [-0.1, -0.05) is 111 Å². The summed E-state index contributed by atoms with van der Waals surface area (Å²) in [6, 6.07) is 40.5. The minimum Gasteiger partial charge on any atom is -0.489 e. The molecule has 4 atom stereocenters. The van der Waals surface area contributed by atoms with E-state index in [1.165, 1.54) is 57.0 Å². The minimum atomic E-state index is -0.795. The van der Waals surface area contributed by atoms with Crippen LogP contribution in [0.2, 0.25) is 0 Å². The second kappa shape index (κ2) is 30.4. The van der Waals surface area contributed by atoms with E-state index in [2.05, 4.69) is 159 Å². The van der Waals surface area contributed by atoms with E-state index in [-0.39, 0.29) is 36.5 Å². The van der Waals surface area contributed by atoms with Crippen molar-refractivity contribution in [3.8, 4) is 22.8 Å². The molecule has 0 bridgehead atoms. The van der Waals surface area contributed by atoms with Crippen LogP contribution in [0.4, 0.5) is 10.2 Å². The van der Waals surface area contributed by atoms with E-state index in [1.54, 1.807) is 18.5 Å². The summed E-state index contributed by atoms with van der Waals surface area (Å²) < 4.78 is 43.7. The molecule has 0 amide bonds. The van der Waals surface area contributed by atoms with Gasteiger partial charge in [-0.15, -0.1) is 0 Å². The number of nitrogens with zero attached hydrogens (tertiary/aromatic N) is 8. The molecule has 3 N–H and O–H groups in total. The van der Waals surface area contributed by atoms with Crippen molar-refractivity contribution in [1.29, 1.82) is 0 Å². The Bertz CT molecular complexity index is 3310. The number of fused-ring (bicyclic) bond motifs is 1. The third kappa shape index (κ3) is 17.4. The number of piperazine rings is 1. The summed E-state index contributed by atoms with van der Waals surface area (Å²) in [5.74, 6) is 2.65. The van der Waals surface area contributed by atoms with Crippen LogP contribution in [0, 0.1) is 12.7 Å². The highest BCUT2D eigenvalue weighted by Gasteiger charge is 2.50. The Morgan fingerprint density at radius 2 is 1.16 bits per heavy atom. The van der Waals surface area contributed by atoms with Gasteiger partial charge in [0.15, 0.2) is 5.82 Å². The van der Waals surface area contributed by atoms with Crippen molar-refractivity contribution in [2.75, 3.05) is 98.7 Å². The third-order valence-corrected chi connectivity index (χ3v) is 19.4. The van der Waals surface area contributed by atoms with Crippen molar-refractivity contribution >= 4 is 27.6 Å². The predicted octanol–water partition coefficient (Wildman–Crippen LogP) is 11.6. The van der Waals surface area contributed by atoms with E-state index in [4.69, 9.17) is 18.9 Å². The number of likely N-dealkylation sites (tertiary alicyclic amines) is 2. The average Bonchev–Trinajstić information content (AvgIpc) is 2.38. The fourth-order valence-corrected chi connectivity index (χ4v) is 14.3. The summed E-state index contributed by atoms with van der Waals surface area (Å²) in [7, 11) is 8.24. The summed E-state index contributed by atoms with van der Waals surface area (Å²) in [6.07, 6.45) is 9.60. The maximum Gasteiger partial charge on any atom is 0.151 e. The lowest BCUT2D eigenvalue weighted by molar-refractivity contribution is -0.207. The van der Waals surface area contributed by atoms with Gasteiger partial charge in [-0.2, -0.15) is 4.37 Å². The van der Waals surface area contributed by atoms with E-state index in [0.717, 1.165) is 156 Å². The van der Waals surface area contributed by atoms with Gasteiger partial charge in [0.25, 0.3) is 0 Å². The molecule has 7 aromatic rings. The summed E-state index contributed by atoms with van der Waals surface area (Å²) in [5, 5.41) is 24.9. The standard InChI is InChI=1S/C29H42N2O3.C27H38N2O3.C15H14FN5S.CH4/c1-5-9-23-12-13-26(33-21-24-10-7-6-8-11-24)25(18-23)20-31-16-14-29(15-17-31)19-27(30(3)4)28(2,32)22-34-29;1-21-10-11-24(31-19-22-8-6-5-7-9-22)23(16-21)18-29-14-12-27(13-15-29)17-25(28(3)4)26(2,30)20-32-27;16-11-3-1-10(2-4-11)12-13-14(22-20-12)15(19-9-18-13)21-7-5-17-6-8-21;/h6-8,10-13,18,27,32H,5,9,14-17,19-22H2,1-4H3;5-11,16,25,30H,12-15,17-20H2,1-4H3;1-4,9,17H,5-8H2;1H4/t27-,28-;25-,26?;;/m00../s1. The first-order valence-corrected chi connectivity index (χ1v) is 32.5. The van der Waals surface area contributed by atoms with Crippen LogP contribution in [0.5, 0.6) is 11.5 Å². The third-order valence-electron chi connectivity index (χ3n) is 18.6. The molecule has 5 aliphatic heterocycles. The molecule has 0 radical (unpaired) electrons. The first-order valence-electron chi connectivity index (χ1n) is 31.8. The molecule has 17 heteroatoms. The molecule has 12 rings (SSSR count). The van der Waals surface area contributed by atoms with Crippen LogP contribution < -0.4 is 19.7 Å². The first kappa shape index (κ1) is 67.4. The normalized spacial score (nSPS) is 22.7. The number of halogens is 1. The van der Waals surface area contributed by atoms with Crippen LogP contribution >= 0.6 is 11.5 Å². The summed E-state index contributed by atoms with van der Waals surface area (Å²) >= 11 is 1.40. The highest BCUT2D eigenvalue weighted by Crippen LogP contribution is 2.43. The number of piperidine rings is 2. The van der Waals surface area contributed by atoms with Gasteiger partial charge < -0.3 is 49.2 Å². The molecule has 5 aromatic carbocycles. The van der Waals surface area contributed by atoms with Gasteiger partial charge in [0.1, 0.15) is 64.0 Å². The van der Waals surface area contributed by atoms with Gasteiger partial charge in [-0.3, -0.25) is 9.80 Å². The van der Waals surface area contributed by atoms with E-state index in [1.807, 2.05) is 38.1 Å². The van der Waals surface area contributed by atoms with Crippen molar-refractivity contribution in [2.45, 2.75) is 147 Å². The Hall–Kier alpha value is -5.96. The molecule has 2 spiro atoms. The van der Waals surface area contributed by atoms with Crippen molar-refractivity contribution in [3.63, 3.8) is 0 Å². The number of aliphatic hydroxyl groups is 2. The van der Waals surface area contributed by atoms with Gasteiger partial charge in [0, 0.05) is 94.2 Å². The fraction of sp³-hybridized carbons (Fsp3) is 0.514. The SMILES string of the molecule is C.CCCc1ccc(OCc2ccccc2)c(CN2CCC3(CC2)C[C@H](N(C)C)[C@@](C)(O)CO3)c1.Cc1ccc(OCc2ccccc2)c(CN2CCC3(CC2)C[C@H](N(C)C)C(C)(O)CO3)c1.Fc1ccc(-c2nsc3c(N4CCNCC4)ncnc23)cc1. The second-order valence-corrected chi connectivity index (χ2v) is 26.9. The summed E-state index contributed by atoms with van der Waals surface area (Å²) in [5.41, 5.74) is 8.19. The molecule has 5 fully saturated rings. The number of hydrogen-bond acceptors (Lipinski definition) is 16. The van der Waals surface area contributed by atoms with Crippen molar-refractivity contribution < 1.29 is 33.6 Å². The topological polar surface area (TPSA) is 144 Å². The summed E-state index contributed by atoms with van der Waals surface area (Å²) in [4.78, 5) is 20.5. The molecular formula is C72H98FN9O6S. The van der Waals surface area contributed by atoms with Crippen molar-refractivity contribution in [1.82, 2.24) is 39.3 Å². The average molecular weight is 1240 g/mol. The van der Waals surface area contributed by atoms with Gasteiger partial charge in [0.2, 0.25) is 0 Å². The van der Waals surface area contributed by atoms with Crippen LogP contribution in [-0.2, 0) is 42.2 Å². The zero-order chi connectivity index (χ0) is 61.9. The Morgan fingerprint density at radius 3 is 1.66 bits per heavy atom. The highest BCUT2D eigenvalue weighted by atomic mass is 32.1. The molecule has 1 unspecified atom stereocenters. The Labute approximate surface area is 533 Å². The maximum absolute atomic E-state index is 13.1. The van der Waals surface area contributed by atoms with Gasteiger partial charge in [-0.25, -0.2) is 14.4 Å². The molecule has 5 aliphatic rings. The van der Waals surface area contributed by atoms with Gasteiger partial charge in [-0.05, 0) is 159 Å². The van der Waals surface area contributed by atoms with Crippen LogP contribution in [0.1, 0.15) is 107 Å². The summed E-state index contributed by atoms with van der Waals surface area (Å²) in [6.45, 7) is 19.7. The number of aromatic nitrogens is 3. The number of ether oxygens (including phenoxy) is 4. The molecule has 15 nitrogen and oxygen atoms in total. The predicted molar refractivity (Wildman–Crippen MR) is 357 cm³/mol. The quantitative estimate of drug-likeness (QED) is 0.0843. The lowest BCUT2D eigenvalue weighted by atomic mass is 9.77. The Morgan fingerprint density at radius 1 is 0.652 bits per heavy atom. The molecule has 89 heavy (non-hydrogen) atoms. The zero-order valence-electron chi connectivity index (χ0n) is 53.2. The first-order chi connectivity index (χ1) is 42.4. The van der Waals surface area contributed by atoms with E-state index in [0.29, 0.717) is 26.4 Å². The number of likely N-dealkylation sites (N-methyl/N-ethyl adjacent to an activating group) is 2. The highest BCUT2D eigenvalue weighted by molar-refractivity contribution is 7.14. The van der Waals surface area contributed by atoms with Crippen LogP contribution in [0.15, 0.2) is 128 Å². The van der Waals surface area contributed by atoms with Gasteiger partial charge in [0.05, 0.1) is 24.4 Å². The molecule has 5 saturated heterocycles. The van der Waals surface area contributed by atoms with Crippen molar-refractivity contribution in [3.05, 3.63) is 167 Å². The van der Waals surface area contributed by atoms with Crippen LogP contribution in [-0.4, -0.2) is 172 Å². The molecule has 2 aromatic heterocycles. The zero-order valence-corrected chi connectivity index (χ0v) is 54.0. The van der Waals surface area contributed by atoms with Crippen molar-refractivity contribution in [2.24, 2.45) is 0 Å². The molecule has 7 heterocycles. The number of anilines is 1. The molecular weight excluding hydrogens is 1140 g/mol. The second-order valence-electron chi connectivity index (χ2n) is 26.1. The Kier molecular flexibility index (Phi) is 23.1. The van der Waals surface area contributed by atoms with Crippen LogP contribution in [0.25, 0.3) is 21.5 Å². The number of benzene rings is 5. The monoisotopic (exact) mass is 1240 g/mol. The lowest BCUT2D eigenvalue weighted by Gasteiger charge is -2.52. The molecule has 0 saturated carbocycles. The largest absolute Gasteiger partial charge is 0.489 e. The van der Waals surface area contributed by atoms with E-state index >= 15 is 0 Å². The Balaban J connectivity index is 0.000000161. The minimum absolute atomic E-state index is 0. The van der Waals surface area contributed by atoms with Crippen LogP contribution in [0.3, 0.4) is 0 Å². The maximum atomic E-state index is 13.1. The number of hydrogen-bond donors (Lipinski definition) is 3. The number of aryl methyl sites for hydroxylation is 2. The number of nitrogens with one attached hydrogen (secondary N) is 1. The van der Waals surface area contributed by atoms with E-state index in [9.17, 15) is 14.6 Å². The molecule has 0 aliphatic carbocycles. The lowest BCUT2D eigenvalue weighted by Crippen LogP contribution is -2.62.